The fourth-order valence-corrected chi connectivity index (χ4v) is 2.71. The molecule has 0 aromatic rings. The van der Waals surface area contributed by atoms with Gasteiger partial charge < -0.3 is 40.5 Å². The van der Waals surface area contributed by atoms with E-state index in [9.17, 15) is 20.1 Å². The number of rotatable bonds is 12. The van der Waals surface area contributed by atoms with Gasteiger partial charge in [-0.05, 0) is 32.6 Å². The lowest BCUT2D eigenvalue weighted by Crippen LogP contribution is -2.45. The summed E-state index contributed by atoms with van der Waals surface area (Å²) in [6.07, 6.45) is -0.332. The molecule has 1 amide bonds. The number of amides is 1. The van der Waals surface area contributed by atoms with Gasteiger partial charge in [-0.3, -0.25) is 4.79 Å². The van der Waals surface area contributed by atoms with E-state index in [4.69, 9.17) is 20.3 Å². The molecule has 9 heteroatoms. The number of ether oxygens (including phenoxy) is 2. The number of hydrogen-bond acceptors (Lipinski definition) is 8. The summed E-state index contributed by atoms with van der Waals surface area (Å²) in [5.41, 5.74) is 5.80. The van der Waals surface area contributed by atoms with E-state index >= 15 is 0 Å². The van der Waals surface area contributed by atoms with Crippen molar-refractivity contribution in [2.75, 3.05) is 32.9 Å². The number of nitrogens with two attached hydrogens (primary N) is 1. The predicted octanol–water partition coefficient (Wildman–Crippen LogP) is -1.44. The van der Waals surface area contributed by atoms with Gasteiger partial charge in [0.05, 0.1) is 25.4 Å². The zero-order chi connectivity index (χ0) is 19.5. The highest BCUT2D eigenvalue weighted by atomic mass is 16.7. The van der Waals surface area contributed by atoms with Crippen molar-refractivity contribution in [1.82, 2.24) is 4.90 Å². The lowest BCUT2D eigenvalue weighted by Gasteiger charge is -2.30. The van der Waals surface area contributed by atoms with Crippen LogP contribution in [0.3, 0.4) is 0 Å². The van der Waals surface area contributed by atoms with E-state index in [0.29, 0.717) is 51.8 Å². The van der Waals surface area contributed by atoms with Gasteiger partial charge >= 0.3 is 0 Å². The van der Waals surface area contributed by atoms with Crippen molar-refractivity contribution in [1.29, 1.82) is 0 Å². The molecule has 1 rings (SSSR count). The Morgan fingerprint density at radius 2 is 1.88 bits per heavy atom. The van der Waals surface area contributed by atoms with Gasteiger partial charge in [0.15, 0.2) is 6.29 Å². The Balaban J connectivity index is 2.25. The van der Waals surface area contributed by atoms with Gasteiger partial charge in [0.2, 0.25) is 5.91 Å². The Labute approximate surface area is 154 Å². The van der Waals surface area contributed by atoms with Crippen LogP contribution in [0.1, 0.15) is 39.0 Å². The van der Waals surface area contributed by atoms with Crippen LogP contribution in [0.5, 0.6) is 0 Å². The molecule has 154 valence electrons. The van der Waals surface area contributed by atoms with Gasteiger partial charge in [-0.25, -0.2) is 0 Å². The molecule has 0 aliphatic carbocycles. The summed E-state index contributed by atoms with van der Waals surface area (Å²) in [7, 11) is 0. The summed E-state index contributed by atoms with van der Waals surface area (Å²) >= 11 is 0. The SMILES string of the molecule is C[C@H](N)[C@H](OCCCCC(=O)N1CCC(O)CC1)OC(CO)[C@H](O)CO. The molecular formula is C17H34N2O7. The second kappa shape index (κ2) is 12.6. The molecular weight excluding hydrogens is 344 g/mol. The third-order valence-corrected chi connectivity index (χ3v) is 4.42. The minimum atomic E-state index is -1.22. The second-order valence-corrected chi connectivity index (χ2v) is 6.77. The summed E-state index contributed by atoms with van der Waals surface area (Å²) in [6.45, 7) is 2.21. The minimum Gasteiger partial charge on any atom is -0.394 e. The Kier molecular flexibility index (Phi) is 11.2. The zero-order valence-corrected chi connectivity index (χ0v) is 15.5. The van der Waals surface area contributed by atoms with E-state index in [1.165, 1.54) is 0 Å². The maximum Gasteiger partial charge on any atom is 0.222 e. The molecule has 0 aromatic carbocycles. The summed E-state index contributed by atoms with van der Waals surface area (Å²) in [4.78, 5) is 13.9. The first-order valence-corrected chi connectivity index (χ1v) is 9.27. The molecule has 1 unspecified atom stereocenters. The average molecular weight is 378 g/mol. The van der Waals surface area contributed by atoms with E-state index in [-0.39, 0.29) is 12.0 Å². The molecule has 0 radical (unpaired) electrons. The van der Waals surface area contributed by atoms with Crippen LogP contribution in [0.4, 0.5) is 0 Å². The van der Waals surface area contributed by atoms with E-state index in [1.54, 1.807) is 11.8 Å². The van der Waals surface area contributed by atoms with Gasteiger partial charge in [-0.2, -0.15) is 0 Å². The molecule has 9 nitrogen and oxygen atoms in total. The van der Waals surface area contributed by atoms with Gasteiger partial charge in [0, 0.05) is 26.1 Å². The Hall–Kier alpha value is -0.810. The largest absolute Gasteiger partial charge is 0.394 e. The van der Waals surface area contributed by atoms with Crippen LogP contribution in [-0.2, 0) is 14.3 Å². The normalized spacial score (nSPS) is 20.6. The van der Waals surface area contributed by atoms with Crippen molar-refractivity contribution in [3.8, 4) is 0 Å². The number of hydrogen-bond donors (Lipinski definition) is 5. The Morgan fingerprint density at radius 1 is 1.23 bits per heavy atom. The first-order chi connectivity index (χ1) is 12.4. The first-order valence-electron chi connectivity index (χ1n) is 9.27. The number of likely N-dealkylation sites (tertiary alicyclic amines) is 1. The highest BCUT2D eigenvalue weighted by Gasteiger charge is 2.25. The third kappa shape index (κ3) is 8.26. The molecule has 0 aromatic heterocycles. The molecule has 1 heterocycles. The van der Waals surface area contributed by atoms with Crippen molar-refractivity contribution in [3.05, 3.63) is 0 Å². The molecule has 0 saturated carbocycles. The lowest BCUT2D eigenvalue weighted by molar-refractivity contribution is -0.210. The number of piperidine rings is 1. The van der Waals surface area contributed by atoms with Crippen molar-refractivity contribution in [3.63, 3.8) is 0 Å². The van der Waals surface area contributed by atoms with Gasteiger partial charge in [-0.15, -0.1) is 0 Å². The van der Waals surface area contributed by atoms with E-state index < -0.39 is 37.8 Å². The van der Waals surface area contributed by atoms with E-state index in [1.807, 2.05) is 0 Å². The number of nitrogens with zero attached hydrogens (tertiary/aromatic N) is 1. The third-order valence-electron chi connectivity index (χ3n) is 4.42. The first kappa shape index (κ1) is 23.2. The monoisotopic (exact) mass is 378 g/mol. The number of carbonyl (C=O) groups excluding carboxylic acids is 1. The molecule has 0 bridgehead atoms. The quantitative estimate of drug-likeness (QED) is 0.205. The number of unbranched alkanes of at least 4 members (excludes halogenated alkanes) is 1. The fraction of sp³-hybridized carbons (Fsp3) is 0.941. The smallest absolute Gasteiger partial charge is 0.222 e. The lowest BCUT2D eigenvalue weighted by atomic mass is 10.1. The summed E-state index contributed by atoms with van der Waals surface area (Å²) in [5, 5.41) is 37.2. The van der Waals surface area contributed by atoms with E-state index in [2.05, 4.69) is 0 Å². The predicted molar refractivity (Wildman–Crippen MR) is 94.1 cm³/mol. The molecule has 4 atom stereocenters. The maximum atomic E-state index is 12.1. The highest BCUT2D eigenvalue weighted by molar-refractivity contribution is 5.76. The summed E-state index contributed by atoms with van der Waals surface area (Å²) in [5.74, 6) is 0.0864. The van der Waals surface area contributed by atoms with Crippen molar-refractivity contribution in [2.24, 2.45) is 5.73 Å². The van der Waals surface area contributed by atoms with Crippen molar-refractivity contribution < 1.29 is 34.7 Å². The minimum absolute atomic E-state index is 0.0864. The van der Waals surface area contributed by atoms with Crippen LogP contribution in [0.25, 0.3) is 0 Å². The number of aliphatic hydroxyl groups excluding tert-OH is 4. The molecule has 1 fully saturated rings. The zero-order valence-electron chi connectivity index (χ0n) is 15.5. The molecule has 26 heavy (non-hydrogen) atoms. The standard InChI is InChI=1S/C17H34N2O7/c1-12(18)17(26-15(11-21)14(23)10-20)25-9-3-2-4-16(24)19-7-5-13(22)6-8-19/h12-15,17,20-23H,2-11,18H2,1H3/t12-,14+,15?,17+/m0/s1. The van der Waals surface area contributed by atoms with Crippen molar-refractivity contribution in [2.45, 2.75) is 69.7 Å². The Morgan fingerprint density at radius 3 is 2.42 bits per heavy atom. The fourth-order valence-electron chi connectivity index (χ4n) is 2.71. The van der Waals surface area contributed by atoms with Gasteiger partial charge in [0.25, 0.3) is 0 Å². The average Bonchev–Trinajstić information content (AvgIpc) is 2.63. The van der Waals surface area contributed by atoms with E-state index in [0.717, 1.165) is 0 Å². The summed E-state index contributed by atoms with van der Waals surface area (Å²) in [6, 6.07) is -0.489. The molecule has 1 saturated heterocycles. The Bertz CT molecular complexity index is 389. The number of aliphatic hydroxyl groups is 4. The summed E-state index contributed by atoms with van der Waals surface area (Å²) < 4.78 is 11.0. The second-order valence-electron chi connectivity index (χ2n) is 6.77. The van der Waals surface area contributed by atoms with Crippen molar-refractivity contribution >= 4 is 5.91 Å². The van der Waals surface area contributed by atoms with Crippen LogP contribution < -0.4 is 5.73 Å². The molecule has 1 aliphatic rings. The molecule has 6 N–H and O–H groups in total. The van der Waals surface area contributed by atoms with Crippen LogP contribution in [0, 0.1) is 0 Å². The van der Waals surface area contributed by atoms with Crippen LogP contribution in [-0.4, -0.2) is 94.8 Å². The maximum absolute atomic E-state index is 12.1. The van der Waals surface area contributed by atoms with Crippen LogP contribution in [0.2, 0.25) is 0 Å². The van der Waals surface area contributed by atoms with Crippen LogP contribution in [0.15, 0.2) is 0 Å². The number of carbonyl (C=O) groups is 1. The van der Waals surface area contributed by atoms with Gasteiger partial charge in [-0.1, -0.05) is 0 Å². The van der Waals surface area contributed by atoms with Gasteiger partial charge in [0.1, 0.15) is 12.2 Å². The molecule has 1 aliphatic heterocycles. The van der Waals surface area contributed by atoms with Crippen LogP contribution >= 0.6 is 0 Å². The molecule has 0 spiro atoms. The topological polar surface area (TPSA) is 146 Å². The highest BCUT2D eigenvalue weighted by Crippen LogP contribution is 2.13.